The van der Waals surface area contributed by atoms with Crippen molar-refractivity contribution >= 4 is 0 Å². The summed E-state index contributed by atoms with van der Waals surface area (Å²) in [7, 11) is 2.16. The molecule has 1 saturated carbocycles. The summed E-state index contributed by atoms with van der Waals surface area (Å²) < 4.78 is 0. The van der Waals surface area contributed by atoms with E-state index in [1.165, 1.54) is 12.8 Å². The number of nitrogens with zero attached hydrogens (tertiary/aromatic N) is 2. The van der Waals surface area contributed by atoms with Crippen molar-refractivity contribution in [2.75, 3.05) is 7.05 Å². The molecule has 3 heteroatoms. The van der Waals surface area contributed by atoms with Gasteiger partial charge < -0.3 is 5.73 Å². The van der Waals surface area contributed by atoms with Crippen molar-refractivity contribution in [1.82, 2.24) is 9.88 Å². The standard InChI is InChI=1S/C15H25N3/c1-11-6-5-7-12(17-11)10-18(4)13-8-9-15(2,3)14(13)16/h5-7,13-14H,8-10,16H2,1-4H3. The van der Waals surface area contributed by atoms with E-state index in [2.05, 4.69) is 42.9 Å². The Hall–Kier alpha value is -0.930. The third-order valence-electron chi connectivity index (χ3n) is 4.32. The summed E-state index contributed by atoms with van der Waals surface area (Å²) in [5, 5.41) is 0. The van der Waals surface area contributed by atoms with E-state index in [0.717, 1.165) is 17.9 Å². The topological polar surface area (TPSA) is 42.1 Å². The number of hydrogen-bond donors (Lipinski definition) is 1. The first-order chi connectivity index (χ1) is 8.40. The van der Waals surface area contributed by atoms with Gasteiger partial charge in [-0.25, -0.2) is 0 Å². The van der Waals surface area contributed by atoms with Crippen LogP contribution < -0.4 is 5.73 Å². The molecular formula is C15H25N3. The maximum absolute atomic E-state index is 6.38. The van der Waals surface area contributed by atoms with Crippen LogP contribution in [-0.2, 0) is 6.54 Å². The summed E-state index contributed by atoms with van der Waals surface area (Å²) in [6, 6.07) is 6.93. The molecule has 1 aromatic rings. The van der Waals surface area contributed by atoms with E-state index in [1.807, 2.05) is 13.0 Å². The highest BCUT2D eigenvalue weighted by molar-refractivity contribution is 5.10. The number of hydrogen-bond acceptors (Lipinski definition) is 3. The highest BCUT2D eigenvalue weighted by Gasteiger charge is 2.41. The van der Waals surface area contributed by atoms with E-state index < -0.39 is 0 Å². The lowest BCUT2D eigenvalue weighted by molar-refractivity contribution is 0.190. The van der Waals surface area contributed by atoms with Crippen LogP contribution in [0.25, 0.3) is 0 Å². The van der Waals surface area contributed by atoms with Crippen LogP contribution in [0.4, 0.5) is 0 Å². The van der Waals surface area contributed by atoms with Crippen LogP contribution in [0.15, 0.2) is 18.2 Å². The molecule has 0 bridgehead atoms. The second-order valence-electron chi connectivity index (χ2n) is 6.31. The first kappa shape index (κ1) is 13.5. The first-order valence-electron chi connectivity index (χ1n) is 6.78. The third-order valence-corrected chi connectivity index (χ3v) is 4.32. The predicted molar refractivity (Wildman–Crippen MR) is 75.2 cm³/mol. The fourth-order valence-electron chi connectivity index (χ4n) is 2.94. The average molecular weight is 247 g/mol. The van der Waals surface area contributed by atoms with Crippen molar-refractivity contribution < 1.29 is 0 Å². The molecule has 1 heterocycles. The summed E-state index contributed by atoms with van der Waals surface area (Å²) >= 11 is 0. The second-order valence-corrected chi connectivity index (χ2v) is 6.31. The van der Waals surface area contributed by atoms with E-state index in [0.29, 0.717) is 6.04 Å². The summed E-state index contributed by atoms with van der Waals surface area (Å²) in [5.74, 6) is 0. The zero-order valence-electron chi connectivity index (χ0n) is 12.0. The van der Waals surface area contributed by atoms with Gasteiger partial charge in [0, 0.05) is 24.3 Å². The molecular weight excluding hydrogens is 222 g/mol. The van der Waals surface area contributed by atoms with Crippen LogP contribution in [0.1, 0.15) is 38.1 Å². The summed E-state index contributed by atoms with van der Waals surface area (Å²) in [4.78, 5) is 6.93. The van der Waals surface area contributed by atoms with Gasteiger partial charge in [0.25, 0.3) is 0 Å². The van der Waals surface area contributed by atoms with Crippen molar-refractivity contribution in [2.45, 2.75) is 52.2 Å². The lowest BCUT2D eigenvalue weighted by Crippen LogP contribution is -2.47. The molecule has 0 saturated heterocycles. The molecule has 2 N–H and O–H groups in total. The minimum absolute atomic E-state index is 0.257. The molecule has 2 unspecified atom stereocenters. The molecule has 1 aliphatic rings. The average Bonchev–Trinajstić information content (AvgIpc) is 2.54. The van der Waals surface area contributed by atoms with Gasteiger partial charge in [-0.05, 0) is 44.4 Å². The fraction of sp³-hybridized carbons (Fsp3) is 0.667. The Balaban J connectivity index is 2.03. The smallest absolute Gasteiger partial charge is 0.0547 e. The van der Waals surface area contributed by atoms with Crippen molar-refractivity contribution in [2.24, 2.45) is 11.1 Å². The van der Waals surface area contributed by atoms with E-state index in [4.69, 9.17) is 5.73 Å². The van der Waals surface area contributed by atoms with Crippen LogP contribution in [0.2, 0.25) is 0 Å². The van der Waals surface area contributed by atoms with Crippen molar-refractivity contribution in [3.05, 3.63) is 29.6 Å². The van der Waals surface area contributed by atoms with Crippen LogP contribution in [0, 0.1) is 12.3 Å². The molecule has 0 radical (unpaired) electrons. The van der Waals surface area contributed by atoms with Crippen molar-refractivity contribution in [3.8, 4) is 0 Å². The van der Waals surface area contributed by atoms with E-state index in [9.17, 15) is 0 Å². The zero-order chi connectivity index (χ0) is 13.3. The minimum atomic E-state index is 0.257. The molecule has 100 valence electrons. The van der Waals surface area contributed by atoms with Crippen LogP contribution >= 0.6 is 0 Å². The summed E-state index contributed by atoms with van der Waals surface area (Å²) in [5.41, 5.74) is 8.86. The maximum Gasteiger partial charge on any atom is 0.0547 e. The molecule has 0 amide bonds. The summed E-state index contributed by atoms with van der Waals surface area (Å²) in [6.07, 6.45) is 2.40. The Morgan fingerprint density at radius 3 is 2.72 bits per heavy atom. The molecule has 1 aromatic heterocycles. The molecule has 0 aromatic carbocycles. The van der Waals surface area contributed by atoms with Gasteiger partial charge in [-0.2, -0.15) is 0 Å². The Labute approximate surface area is 110 Å². The SMILES string of the molecule is Cc1cccc(CN(C)C2CCC(C)(C)C2N)n1. The quantitative estimate of drug-likeness (QED) is 0.891. The minimum Gasteiger partial charge on any atom is -0.326 e. The van der Waals surface area contributed by atoms with Crippen LogP contribution in [-0.4, -0.2) is 29.0 Å². The molecule has 0 aliphatic heterocycles. The number of aromatic nitrogens is 1. The first-order valence-corrected chi connectivity index (χ1v) is 6.78. The van der Waals surface area contributed by atoms with Gasteiger partial charge in [0.15, 0.2) is 0 Å². The number of aryl methyl sites for hydroxylation is 1. The number of likely N-dealkylation sites (N-methyl/N-ethyl adjacent to an activating group) is 1. The molecule has 0 spiro atoms. The Bertz CT molecular complexity index is 414. The zero-order valence-corrected chi connectivity index (χ0v) is 12.0. The van der Waals surface area contributed by atoms with Gasteiger partial charge in [0.05, 0.1) is 5.69 Å². The number of nitrogens with two attached hydrogens (primary N) is 1. The van der Waals surface area contributed by atoms with E-state index in [-0.39, 0.29) is 11.5 Å². The molecule has 2 atom stereocenters. The van der Waals surface area contributed by atoms with E-state index in [1.54, 1.807) is 0 Å². The largest absolute Gasteiger partial charge is 0.326 e. The number of pyridine rings is 1. The molecule has 1 aliphatic carbocycles. The van der Waals surface area contributed by atoms with E-state index >= 15 is 0 Å². The third kappa shape index (κ3) is 2.73. The molecule has 18 heavy (non-hydrogen) atoms. The van der Waals surface area contributed by atoms with Gasteiger partial charge in [-0.15, -0.1) is 0 Å². The van der Waals surface area contributed by atoms with Gasteiger partial charge in [-0.3, -0.25) is 9.88 Å². The van der Waals surface area contributed by atoms with Gasteiger partial charge in [0.1, 0.15) is 0 Å². The Kier molecular flexibility index (Phi) is 3.74. The second kappa shape index (κ2) is 4.98. The maximum atomic E-state index is 6.38. The molecule has 1 fully saturated rings. The summed E-state index contributed by atoms with van der Waals surface area (Å²) in [6.45, 7) is 7.47. The number of rotatable bonds is 3. The van der Waals surface area contributed by atoms with Gasteiger partial charge >= 0.3 is 0 Å². The molecule has 2 rings (SSSR count). The normalized spacial score (nSPS) is 26.8. The van der Waals surface area contributed by atoms with Crippen molar-refractivity contribution in [3.63, 3.8) is 0 Å². The van der Waals surface area contributed by atoms with Crippen LogP contribution in [0.5, 0.6) is 0 Å². The monoisotopic (exact) mass is 247 g/mol. The highest BCUT2D eigenvalue weighted by atomic mass is 15.2. The fourth-order valence-corrected chi connectivity index (χ4v) is 2.94. The lowest BCUT2D eigenvalue weighted by atomic mass is 9.87. The predicted octanol–water partition coefficient (Wildman–Crippen LogP) is 2.34. The highest BCUT2D eigenvalue weighted by Crippen LogP contribution is 2.38. The van der Waals surface area contributed by atoms with Crippen LogP contribution in [0.3, 0.4) is 0 Å². The Morgan fingerprint density at radius 2 is 2.17 bits per heavy atom. The molecule has 3 nitrogen and oxygen atoms in total. The van der Waals surface area contributed by atoms with Crippen molar-refractivity contribution in [1.29, 1.82) is 0 Å². The van der Waals surface area contributed by atoms with Gasteiger partial charge in [-0.1, -0.05) is 19.9 Å². The Morgan fingerprint density at radius 1 is 1.44 bits per heavy atom. The van der Waals surface area contributed by atoms with Gasteiger partial charge in [0.2, 0.25) is 0 Å². The lowest BCUT2D eigenvalue weighted by Gasteiger charge is -2.32.